The fourth-order valence-electron chi connectivity index (χ4n) is 3.12. The van der Waals surface area contributed by atoms with Gasteiger partial charge in [-0.05, 0) is 36.7 Å². The van der Waals surface area contributed by atoms with E-state index >= 15 is 0 Å². The van der Waals surface area contributed by atoms with Crippen molar-refractivity contribution < 1.29 is 4.79 Å². The molecule has 0 aliphatic heterocycles. The van der Waals surface area contributed by atoms with Gasteiger partial charge in [-0.2, -0.15) is 0 Å². The summed E-state index contributed by atoms with van der Waals surface area (Å²) in [6.45, 7) is 6.72. The van der Waals surface area contributed by atoms with Gasteiger partial charge in [0.15, 0.2) is 11.5 Å². The molecule has 0 unspecified atom stereocenters. The highest BCUT2D eigenvalue weighted by Crippen LogP contribution is 2.38. The minimum Gasteiger partial charge on any atom is -0.345 e. The number of rotatable bonds is 2. The molecule has 0 radical (unpaired) electrons. The van der Waals surface area contributed by atoms with Crippen LogP contribution in [0.15, 0.2) is 18.5 Å². The lowest BCUT2D eigenvalue weighted by molar-refractivity contribution is 0.154. The second kappa shape index (κ2) is 5.59. The van der Waals surface area contributed by atoms with E-state index in [1.807, 2.05) is 6.07 Å². The Bertz CT molecular complexity index is 678. The fourth-order valence-corrected chi connectivity index (χ4v) is 3.12. The van der Waals surface area contributed by atoms with Crippen LogP contribution in [0.25, 0.3) is 11.2 Å². The average Bonchev–Trinajstić information content (AvgIpc) is 2.90. The lowest BCUT2D eigenvalue weighted by Gasteiger charge is -2.39. The van der Waals surface area contributed by atoms with Crippen LogP contribution in [-0.4, -0.2) is 27.0 Å². The molecule has 22 heavy (non-hydrogen) atoms. The topological polar surface area (TPSA) is 82.7 Å². The molecule has 1 fully saturated rings. The minimum absolute atomic E-state index is 0.202. The van der Waals surface area contributed by atoms with Gasteiger partial charge in [-0.25, -0.2) is 14.8 Å². The van der Waals surface area contributed by atoms with Crippen LogP contribution in [-0.2, 0) is 0 Å². The van der Waals surface area contributed by atoms with E-state index in [0.717, 1.165) is 18.4 Å². The third kappa shape index (κ3) is 3.21. The van der Waals surface area contributed by atoms with Crippen molar-refractivity contribution in [1.82, 2.24) is 20.3 Å². The van der Waals surface area contributed by atoms with E-state index in [0.29, 0.717) is 17.4 Å². The highest BCUT2D eigenvalue weighted by molar-refractivity contribution is 5.89. The lowest BCUT2D eigenvalue weighted by Crippen LogP contribution is -2.46. The van der Waals surface area contributed by atoms with Crippen LogP contribution in [0.5, 0.6) is 0 Å². The molecule has 2 amide bonds. The smallest absolute Gasteiger partial charge is 0.320 e. The van der Waals surface area contributed by atoms with Crippen LogP contribution in [0.2, 0.25) is 0 Å². The highest BCUT2D eigenvalue weighted by Gasteiger charge is 2.33. The molecule has 0 bridgehead atoms. The Morgan fingerprint density at radius 2 is 2.27 bits per heavy atom. The summed E-state index contributed by atoms with van der Waals surface area (Å²) in [4.78, 5) is 23.8. The number of hydrogen-bond acceptors (Lipinski definition) is 3. The van der Waals surface area contributed by atoms with Gasteiger partial charge in [0, 0.05) is 12.2 Å². The monoisotopic (exact) mass is 301 g/mol. The second-order valence-electron chi connectivity index (χ2n) is 7.06. The molecule has 6 nitrogen and oxygen atoms in total. The number of fused-ring (bicyclic) bond motifs is 1. The first-order chi connectivity index (χ1) is 10.4. The zero-order valence-corrected chi connectivity index (χ0v) is 13.3. The second-order valence-corrected chi connectivity index (χ2v) is 7.06. The molecule has 0 aromatic carbocycles. The van der Waals surface area contributed by atoms with Gasteiger partial charge in [0.05, 0.1) is 6.20 Å². The van der Waals surface area contributed by atoms with E-state index in [-0.39, 0.29) is 17.5 Å². The number of amides is 2. The molecule has 1 saturated carbocycles. The van der Waals surface area contributed by atoms with Gasteiger partial charge in [0.25, 0.3) is 0 Å². The number of carbonyl (C=O) groups excluding carboxylic acids is 1. The molecule has 1 aliphatic carbocycles. The zero-order valence-electron chi connectivity index (χ0n) is 13.3. The Morgan fingerprint density at radius 3 is 3.09 bits per heavy atom. The quantitative estimate of drug-likeness (QED) is 0.796. The van der Waals surface area contributed by atoms with E-state index in [1.54, 1.807) is 12.4 Å². The van der Waals surface area contributed by atoms with E-state index in [2.05, 4.69) is 46.4 Å². The summed E-state index contributed by atoms with van der Waals surface area (Å²) >= 11 is 0. The van der Waals surface area contributed by atoms with Crippen molar-refractivity contribution in [2.24, 2.45) is 11.3 Å². The third-order valence-corrected chi connectivity index (χ3v) is 4.55. The molecule has 0 spiro atoms. The maximum Gasteiger partial charge on any atom is 0.320 e. The van der Waals surface area contributed by atoms with Crippen LogP contribution in [0, 0.1) is 11.3 Å². The number of hydrogen-bond donors (Lipinski definition) is 3. The molecule has 2 aromatic heterocycles. The Balaban J connectivity index is 1.64. The molecule has 2 aromatic rings. The summed E-state index contributed by atoms with van der Waals surface area (Å²) in [7, 11) is 0. The molecular formula is C16H23N5O. The van der Waals surface area contributed by atoms with E-state index in [1.165, 1.54) is 6.42 Å². The number of urea groups is 1. The first kappa shape index (κ1) is 14.8. The summed E-state index contributed by atoms with van der Waals surface area (Å²) in [5, 5.41) is 5.87. The van der Waals surface area contributed by atoms with Gasteiger partial charge in [-0.15, -0.1) is 0 Å². The molecule has 3 N–H and O–H groups in total. The number of H-pyrrole nitrogens is 1. The summed E-state index contributed by atoms with van der Waals surface area (Å²) < 4.78 is 0. The Morgan fingerprint density at radius 1 is 1.45 bits per heavy atom. The number of anilines is 1. The largest absolute Gasteiger partial charge is 0.345 e. The molecule has 6 heteroatoms. The molecule has 3 rings (SSSR count). The van der Waals surface area contributed by atoms with E-state index in [9.17, 15) is 4.79 Å². The fraction of sp³-hybridized carbons (Fsp3) is 0.562. The molecule has 0 saturated heterocycles. The molecule has 2 heterocycles. The van der Waals surface area contributed by atoms with Gasteiger partial charge in [0.2, 0.25) is 0 Å². The number of nitrogens with one attached hydrogen (secondary N) is 3. The summed E-state index contributed by atoms with van der Waals surface area (Å²) in [5.74, 6) is 0.962. The van der Waals surface area contributed by atoms with Crippen molar-refractivity contribution in [3.63, 3.8) is 0 Å². The van der Waals surface area contributed by atoms with Crippen molar-refractivity contribution in [2.75, 3.05) is 5.32 Å². The van der Waals surface area contributed by atoms with E-state index < -0.39 is 0 Å². The van der Waals surface area contributed by atoms with Crippen molar-refractivity contribution in [1.29, 1.82) is 0 Å². The number of aromatic nitrogens is 3. The Labute approximate surface area is 130 Å². The van der Waals surface area contributed by atoms with Gasteiger partial charge >= 0.3 is 6.03 Å². The van der Waals surface area contributed by atoms with Gasteiger partial charge < -0.3 is 10.3 Å². The van der Waals surface area contributed by atoms with Crippen molar-refractivity contribution in [2.45, 2.75) is 46.1 Å². The Kier molecular flexibility index (Phi) is 3.76. The maximum atomic E-state index is 12.2. The maximum absolute atomic E-state index is 12.2. The normalized spacial score (nSPS) is 24.1. The van der Waals surface area contributed by atoms with Crippen LogP contribution in [0.1, 0.15) is 40.0 Å². The summed E-state index contributed by atoms with van der Waals surface area (Å²) in [6.07, 6.45) is 6.70. The van der Waals surface area contributed by atoms with Crippen LogP contribution < -0.4 is 10.6 Å². The molecule has 1 aliphatic rings. The van der Waals surface area contributed by atoms with Crippen molar-refractivity contribution in [3.8, 4) is 0 Å². The highest BCUT2D eigenvalue weighted by atomic mass is 16.2. The third-order valence-electron chi connectivity index (χ3n) is 4.55. The van der Waals surface area contributed by atoms with Gasteiger partial charge in [-0.1, -0.05) is 20.8 Å². The first-order valence-electron chi connectivity index (χ1n) is 7.81. The zero-order chi connectivity index (χ0) is 15.7. The molecule has 118 valence electrons. The van der Waals surface area contributed by atoms with Crippen molar-refractivity contribution >= 4 is 23.0 Å². The van der Waals surface area contributed by atoms with Gasteiger partial charge in [0.1, 0.15) is 5.52 Å². The predicted octanol–water partition coefficient (Wildman–Crippen LogP) is 3.29. The van der Waals surface area contributed by atoms with Crippen LogP contribution >= 0.6 is 0 Å². The first-order valence-corrected chi connectivity index (χ1v) is 7.81. The van der Waals surface area contributed by atoms with Crippen molar-refractivity contribution in [3.05, 3.63) is 18.5 Å². The summed E-state index contributed by atoms with van der Waals surface area (Å²) in [6, 6.07) is 1.82. The lowest BCUT2D eigenvalue weighted by atomic mass is 9.71. The molecule has 2 atom stereocenters. The van der Waals surface area contributed by atoms with E-state index in [4.69, 9.17) is 0 Å². The van der Waals surface area contributed by atoms with Crippen LogP contribution in [0.4, 0.5) is 10.6 Å². The number of nitrogens with zero attached hydrogens (tertiary/aromatic N) is 2. The SMILES string of the molecule is C[C@@H]1CCC(C)(C)C[C@@H]1NC(=O)Nc1cnc2[nH]ccc2n1. The minimum atomic E-state index is -0.210. The summed E-state index contributed by atoms with van der Waals surface area (Å²) in [5.41, 5.74) is 1.74. The standard InChI is InChI=1S/C16H23N5O/c1-10-4-6-16(2,3)8-12(10)20-15(22)21-13-9-18-14-11(19-13)5-7-17-14/h5,7,9-10,12H,4,6,8H2,1-3H3,(H,17,18)(H2,19,20,21,22)/t10-,12+/m1/s1. The number of carbonyl (C=O) groups is 1. The number of aromatic amines is 1. The van der Waals surface area contributed by atoms with Gasteiger partial charge in [-0.3, -0.25) is 5.32 Å². The Hall–Kier alpha value is -2.11. The van der Waals surface area contributed by atoms with Crippen LogP contribution in [0.3, 0.4) is 0 Å². The average molecular weight is 301 g/mol. The molecular weight excluding hydrogens is 278 g/mol. The predicted molar refractivity (Wildman–Crippen MR) is 86.6 cm³/mol.